The summed E-state index contributed by atoms with van der Waals surface area (Å²) in [6.45, 7) is 3.76. The predicted molar refractivity (Wildman–Crippen MR) is 134 cm³/mol. The Kier molecular flexibility index (Phi) is 6.70. The summed E-state index contributed by atoms with van der Waals surface area (Å²) in [6.07, 6.45) is 2.99. The van der Waals surface area contributed by atoms with Gasteiger partial charge in [-0.15, -0.1) is 0 Å². The first-order valence-electron chi connectivity index (χ1n) is 11.7. The summed E-state index contributed by atoms with van der Waals surface area (Å²) in [5.41, 5.74) is 1.74. The van der Waals surface area contributed by atoms with Gasteiger partial charge in [0.25, 0.3) is 5.91 Å². The zero-order valence-electron chi connectivity index (χ0n) is 20.7. The summed E-state index contributed by atoms with van der Waals surface area (Å²) >= 11 is 0. The van der Waals surface area contributed by atoms with E-state index in [1.807, 2.05) is 0 Å². The van der Waals surface area contributed by atoms with E-state index in [2.05, 4.69) is 37.1 Å². The molecule has 192 valence electrons. The maximum absolute atomic E-state index is 15.0. The molecule has 0 bridgehead atoms. The highest BCUT2D eigenvalue weighted by Gasteiger charge is 2.25. The molecule has 0 unspecified atom stereocenters. The van der Waals surface area contributed by atoms with Gasteiger partial charge in [0.05, 0.1) is 31.9 Å². The summed E-state index contributed by atoms with van der Waals surface area (Å²) in [4.78, 5) is 30.3. The van der Waals surface area contributed by atoms with Crippen molar-refractivity contribution >= 4 is 17.7 Å². The number of likely N-dealkylation sites (N-methyl/N-ethyl adjacent to an activating group) is 1. The van der Waals surface area contributed by atoms with E-state index >= 15 is 0 Å². The van der Waals surface area contributed by atoms with E-state index in [1.54, 1.807) is 18.2 Å². The van der Waals surface area contributed by atoms with Gasteiger partial charge in [0.1, 0.15) is 5.84 Å². The van der Waals surface area contributed by atoms with Gasteiger partial charge in [0.15, 0.2) is 23.1 Å². The van der Waals surface area contributed by atoms with Gasteiger partial charge in [-0.05, 0) is 24.2 Å². The fourth-order valence-corrected chi connectivity index (χ4v) is 4.39. The number of aromatic nitrogens is 2. The van der Waals surface area contributed by atoms with Crippen molar-refractivity contribution in [2.45, 2.75) is 6.54 Å². The average molecular weight is 509 g/mol. The molecule has 5 rings (SSSR count). The zero-order chi connectivity index (χ0) is 26.1. The summed E-state index contributed by atoms with van der Waals surface area (Å²) in [6, 6.07) is 6.06. The average Bonchev–Trinajstić information content (AvgIpc) is 3.31. The molecule has 11 heteroatoms. The van der Waals surface area contributed by atoms with Crippen molar-refractivity contribution in [1.82, 2.24) is 20.2 Å². The molecule has 0 atom stereocenters. The van der Waals surface area contributed by atoms with Crippen LogP contribution in [0.25, 0.3) is 11.1 Å². The first kappa shape index (κ1) is 24.6. The van der Waals surface area contributed by atoms with Gasteiger partial charge in [-0.25, -0.2) is 18.7 Å². The minimum atomic E-state index is -0.826. The van der Waals surface area contributed by atoms with E-state index in [0.717, 1.165) is 31.7 Å². The second kappa shape index (κ2) is 10.1. The van der Waals surface area contributed by atoms with Crippen molar-refractivity contribution in [2.75, 3.05) is 52.3 Å². The molecule has 1 aromatic heterocycles. The van der Waals surface area contributed by atoms with Gasteiger partial charge in [0.2, 0.25) is 5.95 Å². The second-order valence-electron chi connectivity index (χ2n) is 8.84. The van der Waals surface area contributed by atoms with Crippen LogP contribution in [0, 0.1) is 11.6 Å². The van der Waals surface area contributed by atoms with Crippen LogP contribution < -0.4 is 19.7 Å². The van der Waals surface area contributed by atoms with E-state index in [-0.39, 0.29) is 23.6 Å². The Balaban J connectivity index is 1.33. The van der Waals surface area contributed by atoms with Gasteiger partial charge in [-0.3, -0.25) is 9.79 Å². The number of amidine groups is 1. The number of piperazine rings is 1. The molecule has 0 spiro atoms. The van der Waals surface area contributed by atoms with Crippen molar-refractivity contribution in [2.24, 2.45) is 4.99 Å². The van der Waals surface area contributed by atoms with Crippen LogP contribution in [0.1, 0.15) is 21.5 Å². The molecule has 1 saturated heterocycles. The summed E-state index contributed by atoms with van der Waals surface area (Å²) in [5.74, 6) is -1.33. The number of nitrogens with zero attached hydrogens (tertiary/aromatic N) is 5. The molecule has 3 heterocycles. The molecule has 2 aliphatic rings. The number of rotatable bonds is 5. The van der Waals surface area contributed by atoms with Gasteiger partial charge in [0, 0.05) is 50.2 Å². The fraction of sp³-hybridized carbons (Fsp3) is 0.308. The minimum absolute atomic E-state index is 0.126. The Bertz CT molecular complexity index is 1340. The van der Waals surface area contributed by atoms with Crippen LogP contribution in [0.3, 0.4) is 0 Å². The van der Waals surface area contributed by atoms with Crippen molar-refractivity contribution in [1.29, 1.82) is 0 Å². The van der Waals surface area contributed by atoms with E-state index in [4.69, 9.17) is 9.47 Å². The van der Waals surface area contributed by atoms with Crippen molar-refractivity contribution in [3.8, 4) is 22.6 Å². The number of carbonyl (C=O) groups excluding carboxylic acids is 1. The van der Waals surface area contributed by atoms with Crippen molar-refractivity contribution < 1.29 is 23.0 Å². The molecule has 2 aromatic carbocycles. The number of hydrogen-bond acceptors (Lipinski definition) is 8. The van der Waals surface area contributed by atoms with Crippen LogP contribution in [0.4, 0.5) is 14.7 Å². The fourth-order valence-electron chi connectivity index (χ4n) is 4.39. The lowest BCUT2D eigenvalue weighted by molar-refractivity contribution is 0.0976. The number of carbonyl (C=O) groups is 1. The van der Waals surface area contributed by atoms with E-state index in [1.165, 1.54) is 32.7 Å². The number of hydrogen-bond donors (Lipinski definition) is 1. The molecule has 1 amide bonds. The first-order chi connectivity index (χ1) is 17.9. The van der Waals surface area contributed by atoms with Crippen LogP contribution in [0.2, 0.25) is 0 Å². The number of halogens is 2. The normalized spacial score (nSPS) is 15.3. The van der Waals surface area contributed by atoms with Crippen LogP contribution in [-0.2, 0) is 6.54 Å². The summed E-state index contributed by atoms with van der Waals surface area (Å²) in [5, 5.41) is 2.80. The molecule has 9 nitrogen and oxygen atoms in total. The summed E-state index contributed by atoms with van der Waals surface area (Å²) < 4.78 is 40.0. The van der Waals surface area contributed by atoms with Gasteiger partial charge in [-0.2, -0.15) is 0 Å². The predicted octanol–water partition coefficient (Wildman–Crippen LogP) is 2.88. The third-order valence-electron chi connectivity index (χ3n) is 6.55. The lowest BCUT2D eigenvalue weighted by Crippen LogP contribution is -2.45. The monoisotopic (exact) mass is 508 g/mol. The Hall–Kier alpha value is -4.12. The third kappa shape index (κ3) is 4.69. The van der Waals surface area contributed by atoms with E-state index in [9.17, 15) is 13.6 Å². The Morgan fingerprint density at radius 3 is 2.24 bits per heavy atom. The zero-order valence-corrected chi connectivity index (χ0v) is 20.7. The van der Waals surface area contributed by atoms with Gasteiger partial charge >= 0.3 is 0 Å². The minimum Gasteiger partial charge on any atom is -0.494 e. The standard InChI is InChI=1S/C26H26F2N6O3/c1-33-6-8-34(9-7-33)26-30-13-17(14-31-26)25(35)32-24-18-5-4-15(10-16(18)12-29-24)21-22(27)19(36-2)11-20(37-3)23(21)28/h4-5,10-11,13-14H,6-9,12H2,1-3H3,(H,29,32,35). The highest BCUT2D eigenvalue weighted by atomic mass is 19.1. The summed E-state index contributed by atoms with van der Waals surface area (Å²) in [7, 11) is 4.68. The molecule has 1 N–H and O–H groups in total. The molecule has 0 radical (unpaired) electrons. The molecular weight excluding hydrogens is 482 g/mol. The lowest BCUT2D eigenvalue weighted by atomic mass is 9.98. The second-order valence-corrected chi connectivity index (χ2v) is 8.84. The van der Waals surface area contributed by atoms with Gasteiger partial charge < -0.3 is 24.6 Å². The van der Waals surface area contributed by atoms with Crippen molar-refractivity contribution in [3.05, 3.63) is 65.0 Å². The number of aliphatic imine (C=N–C) groups is 1. The number of ether oxygens (including phenoxy) is 2. The Morgan fingerprint density at radius 2 is 1.62 bits per heavy atom. The highest BCUT2D eigenvalue weighted by Crippen LogP contribution is 2.38. The molecule has 0 saturated carbocycles. The maximum Gasteiger partial charge on any atom is 0.259 e. The quantitative estimate of drug-likeness (QED) is 0.567. The van der Waals surface area contributed by atoms with E-state index < -0.39 is 17.5 Å². The number of anilines is 1. The van der Waals surface area contributed by atoms with Crippen LogP contribution in [0.5, 0.6) is 11.5 Å². The molecule has 1 fully saturated rings. The smallest absolute Gasteiger partial charge is 0.259 e. The third-order valence-corrected chi connectivity index (χ3v) is 6.55. The topological polar surface area (TPSA) is 92.2 Å². The number of fused-ring (bicyclic) bond motifs is 1. The van der Waals surface area contributed by atoms with Gasteiger partial charge in [-0.1, -0.05) is 12.1 Å². The lowest BCUT2D eigenvalue weighted by Gasteiger charge is -2.32. The molecular formula is C26H26F2N6O3. The Labute approximate surface area is 212 Å². The number of methoxy groups -OCH3 is 2. The largest absolute Gasteiger partial charge is 0.494 e. The first-order valence-corrected chi connectivity index (χ1v) is 11.7. The van der Waals surface area contributed by atoms with Crippen LogP contribution in [0.15, 0.2) is 41.7 Å². The number of amides is 1. The number of nitrogens with one attached hydrogen (secondary N) is 1. The maximum atomic E-state index is 15.0. The van der Waals surface area contributed by atoms with E-state index in [0.29, 0.717) is 28.5 Å². The molecule has 37 heavy (non-hydrogen) atoms. The highest BCUT2D eigenvalue weighted by molar-refractivity contribution is 6.14. The Morgan fingerprint density at radius 1 is 0.973 bits per heavy atom. The van der Waals surface area contributed by atoms with Crippen LogP contribution >= 0.6 is 0 Å². The van der Waals surface area contributed by atoms with Crippen LogP contribution in [-0.4, -0.2) is 74.1 Å². The molecule has 3 aromatic rings. The molecule has 2 aliphatic heterocycles. The molecule has 0 aliphatic carbocycles. The van der Waals surface area contributed by atoms with Crippen molar-refractivity contribution in [3.63, 3.8) is 0 Å². The SMILES string of the molecule is COc1cc(OC)c(F)c(-c2ccc3c(c2)CN=C3NC(=O)c2cnc(N3CCN(C)CC3)nc2)c1F. The number of benzene rings is 2.